The molecule has 0 aliphatic rings. The molecular weight excluding hydrogens is 330 g/mol. The Labute approximate surface area is 137 Å². The number of rotatable bonds is 12. The Hall–Kier alpha value is 0.140. The average molecular weight is 360 g/mol. The lowest BCUT2D eigenvalue weighted by Gasteiger charge is -2.16. The van der Waals surface area contributed by atoms with Crippen LogP contribution in [0.2, 0.25) is 0 Å². The molecule has 20 heavy (non-hydrogen) atoms. The third-order valence-electron chi connectivity index (χ3n) is 3.73. The van der Waals surface area contributed by atoms with Gasteiger partial charge in [-0.05, 0) is 35.0 Å². The van der Waals surface area contributed by atoms with E-state index in [0.29, 0.717) is 6.04 Å². The van der Waals surface area contributed by atoms with Gasteiger partial charge in [-0.3, -0.25) is 0 Å². The maximum atomic E-state index is 3.62. The summed E-state index contributed by atoms with van der Waals surface area (Å²) in [6.07, 6.45) is 12.5. The molecule has 0 radical (unpaired) electrons. The normalized spacial score (nSPS) is 12.8. The SMILES string of the molecule is CCCCCCCCCCC(NCC)c1cc(Br)cs1. The zero-order valence-corrected chi connectivity index (χ0v) is 15.5. The van der Waals surface area contributed by atoms with Crippen molar-refractivity contribution in [2.24, 2.45) is 0 Å². The summed E-state index contributed by atoms with van der Waals surface area (Å²) < 4.78 is 1.22. The molecule has 0 bridgehead atoms. The average Bonchev–Trinajstić information content (AvgIpc) is 2.87. The first kappa shape index (κ1) is 18.2. The van der Waals surface area contributed by atoms with Crippen molar-refractivity contribution in [3.05, 3.63) is 20.8 Å². The first-order valence-electron chi connectivity index (χ1n) is 8.25. The summed E-state index contributed by atoms with van der Waals surface area (Å²) >= 11 is 5.42. The van der Waals surface area contributed by atoms with Crippen LogP contribution < -0.4 is 5.32 Å². The Morgan fingerprint density at radius 3 is 2.25 bits per heavy atom. The minimum atomic E-state index is 0.552. The van der Waals surface area contributed by atoms with Crippen molar-refractivity contribution < 1.29 is 0 Å². The van der Waals surface area contributed by atoms with Gasteiger partial charge in [-0.25, -0.2) is 0 Å². The van der Waals surface area contributed by atoms with Gasteiger partial charge in [0.15, 0.2) is 0 Å². The fourth-order valence-electron chi connectivity index (χ4n) is 2.58. The zero-order valence-electron chi connectivity index (χ0n) is 13.1. The maximum absolute atomic E-state index is 3.62. The van der Waals surface area contributed by atoms with E-state index >= 15 is 0 Å². The van der Waals surface area contributed by atoms with Gasteiger partial charge in [0.05, 0.1) is 0 Å². The van der Waals surface area contributed by atoms with E-state index in [1.54, 1.807) is 0 Å². The molecule has 1 atom stereocenters. The minimum Gasteiger partial charge on any atom is -0.310 e. The van der Waals surface area contributed by atoms with Crippen LogP contribution in [0.25, 0.3) is 0 Å². The van der Waals surface area contributed by atoms with Crippen molar-refractivity contribution in [2.75, 3.05) is 6.54 Å². The molecule has 1 N–H and O–H groups in total. The highest BCUT2D eigenvalue weighted by molar-refractivity contribution is 9.10. The first-order valence-corrected chi connectivity index (χ1v) is 9.92. The number of unbranched alkanes of at least 4 members (excludes halogenated alkanes) is 7. The highest BCUT2D eigenvalue weighted by Gasteiger charge is 2.11. The summed E-state index contributed by atoms with van der Waals surface area (Å²) in [5.74, 6) is 0. The van der Waals surface area contributed by atoms with Crippen molar-refractivity contribution in [3.63, 3.8) is 0 Å². The van der Waals surface area contributed by atoms with Gasteiger partial charge in [0.1, 0.15) is 0 Å². The third-order valence-corrected chi connectivity index (χ3v) is 5.54. The van der Waals surface area contributed by atoms with Gasteiger partial charge < -0.3 is 5.32 Å². The first-order chi connectivity index (χ1) is 9.77. The smallest absolute Gasteiger partial charge is 0.0415 e. The van der Waals surface area contributed by atoms with E-state index in [2.05, 4.69) is 46.5 Å². The van der Waals surface area contributed by atoms with Crippen molar-refractivity contribution in [1.29, 1.82) is 0 Å². The molecule has 0 aromatic carbocycles. The molecule has 0 spiro atoms. The van der Waals surface area contributed by atoms with E-state index in [-0.39, 0.29) is 0 Å². The monoisotopic (exact) mass is 359 g/mol. The third kappa shape index (κ3) is 7.80. The minimum absolute atomic E-state index is 0.552. The van der Waals surface area contributed by atoms with Crippen LogP contribution in [0.15, 0.2) is 15.9 Å². The number of halogens is 1. The molecule has 0 saturated heterocycles. The van der Waals surface area contributed by atoms with Gasteiger partial charge in [0, 0.05) is 20.8 Å². The highest BCUT2D eigenvalue weighted by atomic mass is 79.9. The van der Waals surface area contributed by atoms with Crippen LogP contribution in [0.4, 0.5) is 0 Å². The van der Waals surface area contributed by atoms with Gasteiger partial charge in [-0.2, -0.15) is 0 Å². The Morgan fingerprint density at radius 2 is 1.70 bits per heavy atom. The molecule has 3 heteroatoms. The zero-order chi connectivity index (χ0) is 14.6. The Kier molecular flexibility index (Phi) is 10.7. The molecule has 0 aliphatic heterocycles. The summed E-state index contributed by atoms with van der Waals surface area (Å²) in [6.45, 7) is 5.53. The predicted molar refractivity (Wildman–Crippen MR) is 95.7 cm³/mol. The largest absolute Gasteiger partial charge is 0.310 e. The van der Waals surface area contributed by atoms with Crippen LogP contribution in [0.5, 0.6) is 0 Å². The van der Waals surface area contributed by atoms with E-state index in [4.69, 9.17) is 0 Å². The van der Waals surface area contributed by atoms with E-state index in [9.17, 15) is 0 Å². The molecule has 0 aliphatic carbocycles. The molecule has 1 aromatic heterocycles. The van der Waals surface area contributed by atoms with E-state index in [1.807, 2.05) is 11.3 Å². The van der Waals surface area contributed by atoms with Crippen molar-refractivity contribution in [1.82, 2.24) is 5.32 Å². The van der Waals surface area contributed by atoms with Gasteiger partial charge in [-0.1, -0.05) is 65.2 Å². The number of nitrogens with one attached hydrogen (secondary N) is 1. The van der Waals surface area contributed by atoms with Crippen LogP contribution in [0, 0.1) is 0 Å². The molecule has 0 saturated carbocycles. The van der Waals surface area contributed by atoms with Crippen LogP contribution in [0.3, 0.4) is 0 Å². The fraction of sp³-hybridized carbons (Fsp3) is 0.765. The molecule has 1 unspecified atom stereocenters. The van der Waals surface area contributed by atoms with E-state index in [1.165, 1.54) is 67.1 Å². The topological polar surface area (TPSA) is 12.0 Å². The van der Waals surface area contributed by atoms with Crippen LogP contribution >= 0.6 is 27.3 Å². The lowest BCUT2D eigenvalue weighted by atomic mass is 10.0. The summed E-state index contributed by atoms with van der Waals surface area (Å²) in [5, 5.41) is 5.81. The number of thiophene rings is 1. The van der Waals surface area contributed by atoms with Gasteiger partial charge >= 0.3 is 0 Å². The van der Waals surface area contributed by atoms with Crippen LogP contribution in [-0.4, -0.2) is 6.54 Å². The molecular formula is C17H30BrNS. The molecule has 1 nitrogen and oxygen atoms in total. The van der Waals surface area contributed by atoms with Gasteiger partial charge in [0.25, 0.3) is 0 Å². The highest BCUT2D eigenvalue weighted by Crippen LogP contribution is 2.29. The summed E-state index contributed by atoms with van der Waals surface area (Å²) in [6, 6.07) is 2.82. The second-order valence-corrected chi connectivity index (χ2v) is 7.40. The molecule has 0 amide bonds. The second-order valence-electron chi connectivity index (χ2n) is 5.54. The van der Waals surface area contributed by atoms with Gasteiger partial charge in [-0.15, -0.1) is 11.3 Å². The summed E-state index contributed by atoms with van der Waals surface area (Å²) in [4.78, 5) is 1.47. The van der Waals surface area contributed by atoms with Crippen LogP contribution in [0.1, 0.15) is 82.6 Å². The Morgan fingerprint density at radius 1 is 1.05 bits per heavy atom. The number of hydrogen-bond acceptors (Lipinski definition) is 2. The Balaban J connectivity index is 2.14. The second kappa shape index (κ2) is 11.8. The number of hydrogen-bond donors (Lipinski definition) is 1. The molecule has 1 heterocycles. The summed E-state index contributed by atoms with van der Waals surface area (Å²) in [5.41, 5.74) is 0. The van der Waals surface area contributed by atoms with Crippen molar-refractivity contribution >= 4 is 27.3 Å². The quantitative estimate of drug-likeness (QED) is 0.409. The molecule has 116 valence electrons. The molecule has 0 fully saturated rings. The standard InChI is InChI=1S/C17H30BrNS/c1-3-5-6-7-8-9-10-11-12-16(19-4-2)17-13-15(18)14-20-17/h13-14,16,19H,3-12H2,1-2H3. The maximum Gasteiger partial charge on any atom is 0.0415 e. The molecule has 1 rings (SSSR count). The van der Waals surface area contributed by atoms with Crippen molar-refractivity contribution in [2.45, 2.75) is 77.7 Å². The van der Waals surface area contributed by atoms with Gasteiger partial charge in [0.2, 0.25) is 0 Å². The summed E-state index contributed by atoms with van der Waals surface area (Å²) in [7, 11) is 0. The fourth-order valence-corrected chi connectivity index (χ4v) is 4.14. The van der Waals surface area contributed by atoms with E-state index < -0.39 is 0 Å². The molecule has 1 aromatic rings. The Bertz CT molecular complexity index is 337. The van der Waals surface area contributed by atoms with Crippen molar-refractivity contribution in [3.8, 4) is 0 Å². The predicted octanol–water partition coefficient (Wildman–Crippen LogP) is 6.69. The van der Waals surface area contributed by atoms with Crippen LogP contribution in [-0.2, 0) is 0 Å². The van der Waals surface area contributed by atoms with E-state index in [0.717, 1.165) is 6.54 Å². The lowest BCUT2D eigenvalue weighted by molar-refractivity contribution is 0.480. The lowest BCUT2D eigenvalue weighted by Crippen LogP contribution is -2.19.